The van der Waals surface area contributed by atoms with E-state index in [0.717, 1.165) is 0 Å². The van der Waals surface area contributed by atoms with E-state index < -0.39 is 17.8 Å². The van der Waals surface area contributed by atoms with E-state index in [9.17, 15) is 9.18 Å². The molecular formula is C12H16FNO2. The van der Waals surface area contributed by atoms with Crippen molar-refractivity contribution in [3.63, 3.8) is 0 Å². The van der Waals surface area contributed by atoms with Gasteiger partial charge in [0.25, 0.3) is 0 Å². The monoisotopic (exact) mass is 225 g/mol. The average molecular weight is 225 g/mol. The van der Waals surface area contributed by atoms with Crippen LogP contribution in [0, 0.1) is 11.7 Å². The summed E-state index contributed by atoms with van der Waals surface area (Å²) in [4.78, 5) is 11.0. The summed E-state index contributed by atoms with van der Waals surface area (Å²) < 4.78 is 13.3. The minimum absolute atomic E-state index is 0.232. The molecule has 1 unspecified atom stereocenters. The van der Waals surface area contributed by atoms with E-state index >= 15 is 0 Å². The highest BCUT2D eigenvalue weighted by Crippen LogP contribution is 2.16. The van der Waals surface area contributed by atoms with Crippen LogP contribution in [0.15, 0.2) is 24.3 Å². The van der Waals surface area contributed by atoms with Gasteiger partial charge in [-0.1, -0.05) is 26.0 Å². The van der Waals surface area contributed by atoms with E-state index in [1.165, 1.54) is 12.1 Å². The van der Waals surface area contributed by atoms with E-state index in [1.54, 1.807) is 12.1 Å². The minimum atomic E-state index is -0.961. The SMILES string of the molecule is CC(C)CC(Nc1ccccc1F)C(=O)O. The first-order chi connectivity index (χ1) is 7.50. The first-order valence-corrected chi connectivity index (χ1v) is 5.24. The number of para-hydroxylation sites is 1. The topological polar surface area (TPSA) is 49.3 Å². The first-order valence-electron chi connectivity index (χ1n) is 5.24. The Kier molecular flexibility index (Phi) is 4.28. The van der Waals surface area contributed by atoms with E-state index in [2.05, 4.69) is 5.32 Å². The lowest BCUT2D eigenvalue weighted by Crippen LogP contribution is -2.31. The Hall–Kier alpha value is -1.58. The van der Waals surface area contributed by atoms with Gasteiger partial charge in [0.2, 0.25) is 0 Å². The van der Waals surface area contributed by atoms with Crippen molar-refractivity contribution in [3.05, 3.63) is 30.1 Å². The summed E-state index contributed by atoms with van der Waals surface area (Å²) in [6.45, 7) is 3.86. The Balaban J connectivity index is 2.76. The lowest BCUT2D eigenvalue weighted by Gasteiger charge is -2.17. The molecule has 0 saturated heterocycles. The molecule has 0 saturated carbocycles. The summed E-state index contributed by atoms with van der Waals surface area (Å²) in [6, 6.07) is 5.32. The van der Waals surface area contributed by atoms with Crippen molar-refractivity contribution in [2.24, 2.45) is 5.92 Å². The van der Waals surface area contributed by atoms with Gasteiger partial charge < -0.3 is 10.4 Å². The van der Waals surface area contributed by atoms with Crippen molar-refractivity contribution in [2.45, 2.75) is 26.3 Å². The molecule has 1 aromatic rings. The number of halogens is 1. The second-order valence-electron chi connectivity index (χ2n) is 4.14. The molecule has 0 spiro atoms. The molecular weight excluding hydrogens is 209 g/mol. The third kappa shape index (κ3) is 3.53. The molecule has 16 heavy (non-hydrogen) atoms. The van der Waals surface area contributed by atoms with Gasteiger partial charge in [0, 0.05) is 0 Å². The zero-order valence-electron chi connectivity index (χ0n) is 9.40. The van der Waals surface area contributed by atoms with Crippen LogP contribution >= 0.6 is 0 Å². The molecule has 0 amide bonds. The van der Waals surface area contributed by atoms with Gasteiger partial charge in [-0.3, -0.25) is 0 Å². The molecule has 0 bridgehead atoms. The second kappa shape index (κ2) is 5.49. The smallest absolute Gasteiger partial charge is 0.326 e. The van der Waals surface area contributed by atoms with Gasteiger partial charge in [0.15, 0.2) is 0 Å². The molecule has 4 heteroatoms. The van der Waals surface area contributed by atoms with Crippen LogP contribution in [0.2, 0.25) is 0 Å². The summed E-state index contributed by atoms with van der Waals surface area (Å²) in [7, 11) is 0. The van der Waals surface area contributed by atoms with Gasteiger partial charge in [-0.25, -0.2) is 9.18 Å². The van der Waals surface area contributed by atoms with Gasteiger partial charge >= 0.3 is 5.97 Å². The Bertz CT molecular complexity index is 366. The maximum absolute atomic E-state index is 13.3. The normalized spacial score (nSPS) is 12.5. The number of hydrogen-bond acceptors (Lipinski definition) is 2. The number of carboxylic acids is 1. The number of anilines is 1. The highest BCUT2D eigenvalue weighted by molar-refractivity contribution is 5.77. The fourth-order valence-corrected chi connectivity index (χ4v) is 1.46. The van der Waals surface area contributed by atoms with Crippen LogP contribution in [-0.2, 0) is 4.79 Å². The highest BCUT2D eigenvalue weighted by atomic mass is 19.1. The number of carbonyl (C=O) groups is 1. The maximum atomic E-state index is 13.3. The summed E-state index contributed by atoms with van der Waals surface area (Å²) in [5.74, 6) is -1.16. The van der Waals surface area contributed by atoms with Crippen molar-refractivity contribution in [1.82, 2.24) is 0 Å². The van der Waals surface area contributed by atoms with Crippen molar-refractivity contribution >= 4 is 11.7 Å². The molecule has 1 atom stereocenters. The van der Waals surface area contributed by atoms with Gasteiger partial charge in [-0.2, -0.15) is 0 Å². The quantitative estimate of drug-likeness (QED) is 0.810. The first kappa shape index (κ1) is 12.5. The molecule has 1 aromatic carbocycles. The molecule has 0 aromatic heterocycles. The van der Waals surface area contributed by atoms with E-state index in [0.29, 0.717) is 6.42 Å². The molecule has 0 heterocycles. The fourth-order valence-electron chi connectivity index (χ4n) is 1.46. The largest absolute Gasteiger partial charge is 0.480 e. The number of rotatable bonds is 5. The molecule has 0 radical (unpaired) electrons. The van der Waals surface area contributed by atoms with Gasteiger partial charge in [0.1, 0.15) is 11.9 Å². The van der Waals surface area contributed by atoms with Crippen LogP contribution in [0.25, 0.3) is 0 Å². The van der Waals surface area contributed by atoms with Crippen molar-refractivity contribution in [3.8, 4) is 0 Å². The molecule has 0 aliphatic heterocycles. The van der Waals surface area contributed by atoms with E-state index in [-0.39, 0.29) is 11.6 Å². The van der Waals surface area contributed by atoms with Crippen molar-refractivity contribution in [1.29, 1.82) is 0 Å². The third-order valence-electron chi connectivity index (χ3n) is 2.21. The van der Waals surface area contributed by atoms with Gasteiger partial charge in [0.05, 0.1) is 5.69 Å². The summed E-state index contributed by atoms with van der Waals surface area (Å²) in [6.07, 6.45) is 0.462. The minimum Gasteiger partial charge on any atom is -0.480 e. The molecule has 1 rings (SSSR count). The number of benzene rings is 1. The van der Waals surface area contributed by atoms with Crippen LogP contribution in [0.1, 0.15) is 20.3 Å². The predicted octanol–water partition coefficient (Wildman–Crippen LogP) is 2.74. The highest BCUT2D eigenvalue weighted by Gasteiger charge is 2.19. The summed E-state index contributed by atoms with van der Waals surface area (Å²) in [5.41, 5.74) is 0.232. The van der Waals surface area contributed by atoms with E-state index in [4.69, 9.17) is 5.11 Å². The van der Waals surface area contributed by atoms with Gasteiger partial charge in [-0.05, 0) is 24.5 Å². The number of aliphatic carboxylic acids is 1. The van der Waals surface area contributed by atoms with Crippen LogP contribution < -0.4 is 5.32 Å². The van der Waals surface area contributed by atoms with Crippen molar-refractivity contribution < 1.29 is 14.3 Å². The van der Waals surface area contributed by atoms with Crippen LogP contribution in [0.3, 0.4) is 0 Å². The molecule has 0 aliphatic rings. The predicted molar refractivity (Wildman–Crippen MR) is 60.9 cm³/mol. The van der Waals surface area contributed by atoms with Crippen LogP contribution in [0.4, 0.5) is 10.1 Å². The van der Waals surface area contributed by atoms with Crippen LogP contribution in [0.5, 0.6) is 0 Å². The Morgan fingerprint density at radius 3 is 2.56 bits per heavy atom. The molecule has 0 fully saturated rings. The zero-order valence-corrected chi connectivity index (χ0v) is 9.40. The zero-order chi connectivity index (χ0) is 12.1. The Morgan fingerprint density at radius 2 is 2.06 bits per heavy atom. The Labute approximate surface area is 94.3 Å². The van der Waals surface area contributed by atoms with E-state index in [1.807, 2.05) is 13.8 Å². The Morgan fingerprint density at radius 1 is 1.44 bits per heavy atom. The molecule has 0 aliphatic carbocycles. The molecule has 88 valence electrons. The summed E-state index contributed by atoms with van der Waals surface area (Å²) >= 11 is 0. The maximum Gasteiger partial charge on any atom is 0.326 e. The van der Waals surface area contributed by atoms with Crippen molar-refractivity contribution in [2.75, 3.05) is 5.32 Å². The van der Waals surface area contributed by atoms with Gasteiger partial charge in [-0.15, -0.1) is 0 Å². The third-order valence-corrected chi connectivity index (χ3v) is 2.21. The molecule has 3 nitrogen and oxygen atoms in total. The number of nitrogens with one attached hydrogen (secondary N) is 1. The second-order valence-corrected chi connectivity index (χ2v) is 4.14. The lowest BCUT2D eigenvalue weighted by atomic mass is 10.0. The fraction of sp³-hybridized carbons (Fsp3) is 0.417. The molecule has 2 N–H and O–H groups in total. The number of hydrogen-bond donors (Lipinski definition) is 2. The lowest BCUT2D eigenvalue weighted by molar-refractivity contribution is -0.138. The summed E-state index contributed by atoms with van der Waals surface area (Å²) in [5, 5.41) is 11.7. The standard InChI is InChI=1S/C12H16FNO2/c1-8(2)7-11(12(15)16)14-10-6-4-3-5-9(10)13/h3-6,8,11,14H,7H2,1-2H3,(H,15,16). The number of carboxylic acid groups (broad SMARTS) is 1. The van der Waals surface area contributed by atoms with Crippen LogP contribution in [-0.4, -0.2) is 17.1 Å². The average Bonchev–Trinajstić information content (AvgIpc) is 2.19.